The van der Waals surface area contributed by atoms with Crippen molar-refractivity contribution in [2.75, 3.05) is 0 Å². The van der Waals surface area contributed by atoms with E-state index in [1.54, 1.807) is 6.08 Å². The van der Waals surface area contributed by atoms with E-state index >= 15 is 0 Å². The molecule has 0 bridgehead atoms. The van der Waals surface area contributed by atoms with E-state index in [0.29, 0.717) is 11.7 Å². The van der Waals surface area contributed by atoms with Gasteiger partial charge in [-0.2, -0.15) is 0 Å². The van der Waals surface area contributed by atoms with Crippen LogP contribution in [-0.4, -0.2) is 5.78 Å². The number of carbonyl (C=O) groups is 1. The van der Waals surface area contributed by atoms with Crippen molar-refractivity contribution in [3.05, 3.63) is 12.2 Å². The van der Waals surface area contributed by atoms with Crippen molar-refractivity contribution in [3.63, 3.8) is 0 Å². The molecule has 68 valence electrons. The molecule has 1 aliphatic rings. The Morgan fingerprint density at radius 2 is 1.83 bits per heavy atom. The Balaban J connectivity index is 2.39. The molecule has 0 atom stereocenters. The third kappa shape index (κ3) is 2.47. The molecule has 1 saturated carbocycles. The minimum Gasteiger partial charge on any atom is -0.295 e. The minimum absolute atomic E-state index is 0.331. The zero-order chi connectivity index (χ0) is 8.97. The van der Waals surface area contributed by atoms with Crippen LogP contribution in [0.5, 0.6) is 0 Å². The number of rotatable bonds is 2. The summed E-state index contributed by atoms with van der Waals surface area (Å²) in [6.07, 6.45) is 8.23. The molecule has 0 heterocycles. The van der Waals surface area contributed by atoms with Crippen LogP contribution in [0.4, 0.5) is 0 Å². The fourth-order valence-electron chi connectivity index (χ4n) is 1.84. The topological polar surface area (TPSA) is 17.1 Å². The summed E-state index contributed by atoms with van der Waals surface area (Å²) in [4.78, 5) is 11.4. The average molecular weight is 166 g/mol. The fraction of sp³-hybridized carbons (Fsp3) is 0.727. The van der Waals surface area contributed by atoms with Gasteiger partial charge in [-0.15, -0.1) is 0 Å². The van der Waals surface area contributed by atoms with E-state index in [0.717, 1.165) is 18.8 Å². The van der Waals surface area contributed by atoms with E-state index in [-0.39, 0.29) is 0 Å². The van der Waals surface area contributed by atoms with Crippen molar-refractivity contribution in [1.82, 2.24) is 0 Å². The Morgan fingerprint density at radius 3 is 2.33 bits per heavy atom. The highest BCUT2D eigenvalue weighted by Crippen LogP contribution is 2.28. The van der Waals surface area contributed by atoms with Gasteiger partial charge in [0.1, 0.15) is 0 Å². The fourth-order valence-corrected chi connectivity index (χ4v) is 1.84. The number of hydrogen-bond acceptors (Lipinski definition) is 1. The van der Waals surface area contributed by atoms with Crippen LogP contribution >= 0.6 is 0 Å². The average Bonchev–Trinajstić information content (AvgIpc) is 2.06. The molecule has 0 N–H and O–H groups in total. The molecule has 0 aliphatic heterocycles. The van der Waals surface area contributed by atoms with Crippen molar-refractivity contribution < 1.29 is 4.79 Å². The van der Waals surface area contributed by atoms with Crippen molar-refractivity contribution in [3.8, 4) is 0 Å². The molecule has 1 heteroatoms. The van der Waals surface area contributed by atoms with E-state index in [1.165, 1.54) is 12.8 Å². The summed E-state index contributed by atoms with van der Waals surface area (Å²) in [6, 6.07) is 0. The Labute approximate surface area is 74.9 Å². The third-order valence-electron chi connectivity index (χ3n) is 2.75. The van der Waals surface area contributed by atoms with Gasteiger partial charge in [-0.05, 0) is 31.8 Å². The summed E-state index contributed by atoms with van der Waals surface area (Å²) >= 11 is 0. The molecule has 0 aromatic heterocycles. The highest BCUT2D eigenvalue weighted by molar-refractivity contribution is 5.91. The van der Waals surface area contributed by atoms with E-state index < -0.39 is 0 Å². The molecule has 0 amide bonds. The molecule has 0 aromatic carbocycles. The SMILES string of the molecule is C/C=C/C(=O)C1CCC(C)CC1. The predicted molar refractivity (Wildman–Crippen MR) is 50.9 cm³/mol. The second-order valence-electron chi connectivity index (χ2n) is 3.86. The van der Waals surface area contributed by atoms with Gasteiger partial charge in [0.2, 0.25) is 0 Å². The van der Waals surface area contributed by atoms with Crippen molar-refractivity contribution in [2.24, 2.45) is 11.8 Å². The van der Waals surface area contributed by atoms with Gasteiger partial charge in [0.05, 0.1) is 0 Å². The summed E-state index contributed by atoms with van der Waals surface area (Å²) in [5.41, 5.74) is 0. The molecule has 12 heavy (non-hydrogen) atoms. The first-order chi connectivity index (χ1) is 5.74. The monoisotopic (exact) mass is 166 g/mol. The molecule has 0 radical (unpaired) electrons. The molecule has 0 saturated heterocycles. The van der Waals surface area contributed by atoms with E-state index in [2.05, 4.69) is 6.92 Å². The van der Waals surface area contributed by atoms with Crippen molar-refractivity contribution in [2.45, 2.75) is 39.5 Å². The highest BCUT2D eigenvalue weighted by atomic mass is 16.1. The molecule has 1 fully saturated rings. The van der Waals surface area contributed by atoms with Crippen LogP contribution in [0, 0.1) is 11.8 Å². The van der Waals surface area contributed by atoms with Crippen LogP contribution in [0.25, 0.3) is 0 Å². The third-order valence-corrected chi connectivity index (χ3v) is 2.75. The Morgan fingerprint density at radius 1 is 1.25 bits per heavy atom. The summed E-state index contributed by atoms with van der Waals surface area (Å²) in [5.74, 6) is 1.50. The van der Waals surface area contributed by atoms with Crippen molar-refractivity contribution in [1.29, 1.82) is 0 Å². The summed E-state index contributed by atoms with van der Waals surface area (Å²) < 4.78 is 0. The maximum absolute atomic E-state index is 11.4. The van der Waals surface area contributed by atoms with E-state index in [9.17, 15) is 4.79 Å². The van der Waals surface area contributed by atoms with Crippen LogP contribution in [0.15, 0.2) is 12.2 Å². The smallest absolute Gasteiger partial charge is 0.158 e. The maximum Gasteiger partial charge on any atom is 0.158 e. The Bertz CT molecular complexity index is 173. The first-order valence-corrected chi connectivity index (χ1v) is 4.90. The van der Waals surface area contributed by atoms with Crippen LogP contribution < -0.4 is 0 Å². The molecule has 0 unspecified atom stereocenters. The van der Waals surface area contributed by atoms with Gasteiger partial charge in [-0.25, -0.2) is 0 Å². The Kier molecular flexibility index (Phi) is 3.51. The second-order valence-corrected chi connectivity index (χ2v) is 3.86. The largest absolute Gasteiger partial charge is 0.295 e. The lowest BCUT2D eigenvalue weighted by atomic mass is 9.81. The minimum atomic E-state index is 0.331. The van der Waals surface area contributed by atoms with E-state index in [4.69, 9.17) is 0 Å². The van der Waals surface area contributed by atoms with Gasteiger partial charge in [-0.3, -0.25) is 4.79 Å². The molecule has 1 nitrogen and oxygen atoms in total. The second kappa shape index (κ2) is 4.44. The van der Waals surface area contributed by atoms with Crippen LogP contribution in [0.3, 0.4) is 0 Å². The molecular formula is C11H18O. The Hall–Kier alpha value is -0.590. The number of ketones is 1. The van der Waals surface area contributed by atoms with Crippen LogP contribution in [-0.2, 0) is 4.79 Å². The maximum atomic E-state index is 11.4. The normalized spacial score (nSPS) is 30.8. The molecule has 1 aliphatic carbocycles. The standard InChI is InChI=1S/C11H18O/c1-3-4-11(12)10-7-5-9(2)6-8-10/h3-4,9-10H,5-8H2,1-2H3/b4-3+. The lowest BCUT2D eigenvalue weighted by Crippen LogP contribution is -2.19. The van der Waals surface area contributed by atoms with Gasteiger partial charge in [0.15, 0.2) is 5.78 Å². The van der Waals surface area contributed by atoms with Gasteiger partial charge in [0, 0.05) is 5.92 Å². The lowest BCUT2D eigenvalue weighted by Gasteiger charge is -2.23. The molecule has 0 aromatic rings. The van der Waals surface area contributed by atoms with Gasteiger partial charge in [-0.1, -0.05) is 25.8 Å². The molecule has 1 rings (SSSR count). The van der Waals surface area contributed by atoms with Crippen LogP contribution in [0.1, 0.15) is 39.5 Å². The van der Waals surface area contributed by atoms with Gasteiger partial charge < -0.3 is 0 Å². The predicted octanol–water partition coefficient (Wildman–Crippen LogP) is 2.96. The van der Waals surface area contributed by atoms with Gasteiger partial charge >= 0.3 is 0 Å². The first-order valence-electron chi connectivity index (χ1n) is 4.90. The molecular weight excluding hydrogens is 148 g/mol. The lowest BCUT2D eigenvalue weighted by molar-refractivity contribution is -0.119. The van der Waals surface area contributed by atoms with Gasteiger partial charge in [0.25, 0.3) is 0 Å². The first kappa shape index (κ1) is 9.50. The zero-order valence-corrected chi connectivity index (χ0v) is 8.05. The van der Waals surface area contributed by atoms with E-state index in [1.807, 2.05) is 13.0 Å². The zero-order valence-electron chi connectivity index (χ0n) is 8.05. The quantitative estimate of drug-likeness (QED) is 0.576. The highest BCUT2D eigenvalue weighted by Gasteiger charge is 2.22. The molecule has 0 spiro atoms. The number of allylic oxidation sites excluding steroid dienone is 2. The van der Waals surface area contributed by atoms with Crippen molar-refractivity contribution >= 4 is 5.78 Å². The number of hydrogen-bond donors (Lipinski definition) is 0. The number of carbonyl (C=O) groups excluding carboxylic acids is 1. The van der Waals surface area contributed by atoms with Crippen LogP contribution in [0.2, 0.25) is 0 Å². The summed E-state index contributed by atoms with van der Waals surface area (Å²) in [7, 11) is 0. The summed E-state index contributed by atoms with van der Waals surface area (Å²) in [6.45, 7) is 4.18. The summed E-state index contributed by atoms with van der Waals surface area (Å²) in [5, 5.41) is 0.